The number of carbonyl (C=O) groups is 1. The maximum absolute atomic E-state index is 10.8. The minimum atomic E-state index is -0.672. The van der Waals surface area contributed by atoms with Gasteiger partial charge < -0.3 is 15.3 Å². The second-order valence-electron chi connectivity index (χ2n) is 6.12. The van der Waals surface area contributed by atoms with Crippen LogP contribution in [0.2, 0.25) is 0 Å². The molecular formula is C17H22N2O2. The second-order valence-corrected chi connectivity index (χ2v) is 6.12. The Morgan fingerprint density at radius 2 is 2.00 bits per heavy atom. The number of rotatable bonds is 5. The Hall–Kier alpha value is -1.65. The Morgan fingerprint density at radius 1 is 1.29 bits per heavy atom. The standard InChI is InChI=1S/C17H22N2O2/c20-13-18-11-15-3-1-14(2-4-15)5-8-17(21)12-19-9-6-16(17)7-10-19/h1-5,8,13,16,21H,6-7,9-12H2,(H,18,20). The van der Waals surface area contributed by atoms with Gasteiger partial charge in [-0.1, -0.05) is 36.4 Å². The first kappa shape index (κ1) is 14.3. The van der Waals surface area contributed by atoms with E-state index >= 15 is 0 Å². The summed E-state index contributed by atoms with van der Waals surface area (Å²) in [4.78, 5) is 12.6. The normalized spacial score (nSPS) is 31.5. The summed E-state index contributed by atoms with van der Waals surface area (Å²) >= 11 is 0. The van der Waals surface area contributed by atoms with Crippen molar-refractivity contribution in [3.63, 3.8) is 0 Å². The topological polar surface area (TPSA) is 52.6 Å². The Balaban J connectivity index is 1.66. The molecule has 0 saturated carbocycles. The predicted molar refractivity (Wildman–Crippen MR) is 82.5 cm³/mol. The van der Waals surface area contributed by atoms with Crippen molar-refractivity contribution >= 4 is 12.5 Å². The first-order chi connectivity index (χ1) is 10.2. The molecule has 3 fully saturated rings. The highest BCUT2D eigenvalue weighted by Gasteiger charge is 2.43. The molecule has 1 unspecified atom stereocenters. The van der Waals surface area contributed by atoms with Crippen LogP contribution in [0.4, 0.5) is 0 Å². The molecule has 3 saturated heterocycles. The summed E-state index contributed by atoms with van der Waals surface area (Å²) in [5.74, 6) is 0.398. The number of hydrogen-bond acceptors (Lipinski definition) is 3. The number of piperidine rings is 3. The summed E-state index contributed by atoms with van der Waals surface area (Å²) in [6.45, 7) is 3.56. The molecule has 4 rings (SSSR count). The third-order valence-electron chi connectivity index (χ3n) is 4.71. The van der Waals surface area contributed by atoms with E-state index in [4.69, 9.17) is 0 Å². The lowest BCUT2D eigenvalue weighted by molar-refractivity contribution is -0.109. The van der Waals surface area contributed by atoms with Crippen molar-refractivity contribution in [2.75, 3.05) is 19.6 Å². The number of carbonyl (C=O) groups excluding carboxylic acids is 1. The van der Waals surface area contributed by atoms with Gasteiger partial charge in [-0.25, -0.2) is 0 Å². The van der Waals surface area contributed by atoms with Crippen LogP contribution < -0.4 is 5.32 Å². The molecule has 1 amide bonds. The lowest BCUT2D eigenvalue weighted by Gasteiger charge is -2.49. The van der Waals surface area contributed by atoms with E-state index in [1.165, 1.54) is 0 Å². The largest absolute Gasteiger partial charge is 0.384 e. The molecule has 0 aromatic heterocycles. The quantitative estimate of drug-likeness (QED) is 0.805. The Bertz CT molecular complexity index is 518. The minimum Gasteiger partial charge on any atom is -0.384 e. The monoisotopic (exact) mass is 286 g/mol. The summed E-state index contributed by atoms with van der Waals surface area (Å²) < 4.78 is 0. The third-order valence-corrected chi connectivity index (χ3v) is 4.71. The van der Waals surface area contributed by atoms with Gasteiger partial charge in [0.1, 0.15) is 0 Å². The van der Waals surface area contributed by atoms with E-state index in [0.717, 1.165) is 43.6 Å². The van der Waals surface area contributed by atoms with E-state index in [-0.39, 0.29) is 0 Å². The molecule has 0 radical (unpaired) electrons. The van der Waals surface area contributed by atoms with E-state index in [9.17, 15) is 9.90 Å². The molecule has 1 aromatic rings. The summed E-state index contributed by atoms with van der Waals surface area (Å²) in [5.41, 5.74) is 1.48. The average Bonchev–Trinajstić information content (AvgIpc) is 2.53. The lowest BCUT2D eigenvalue weighted by atomic mass is 9.75. The van der Waals surface area contributed by atoms with Crippen LogP contribution in [-0.2, 0) is 11.3 Å². The molecule has 21 heavy (non-hydrogen) atoms. The molecule has 4 nitrogen and oxygen atoms in total. The van der Waals surface area contributed by atoms with Gasteiger partial charge in [0.05, 0.1) is 5.60 Å². The molecule has 1 aromatic carbocycles. The Morgan fingerprint density at radius 3 is 2.57 bits per heavy atom. The zero-order chi connectivity index (χ0) is 14.7. The molecular weight excluding hydrogens is 264 g/mol. The van der Waals surface area contributed by atoms with Crippen molar-refractivity contribution in [3.05, 3.63) is 41.5 Å². The smallest absolute Gasteiger partial charge is 0.207 e. The first-order valence-corrected chi connectivity index (χ1v) is 7.59. The summed E-state index contributed by atoms with van der Waals surface area (Å²) in [7, 11) is 0. The van der Waals surface area contributed by atoms with Crippen LogP contribution in [0.3, 0.4) is 0 Å². The molecule has 3 aliphatic heterocycles. The summed E-state index contributed by atoms with van der Waals surface area (Å²) in [6.07, 6.45) is 6.88. The zero-order valence-electron chi connectivity index (χ0n) is 12.2. The molecule has 2 N–H and O–H groups in total. The predicted octanol–water partition coefficient (Wildman–Crippen LogP) is 1.40. The van der Waals surface area contributed by atoms with Crippen LogP contribution in [0.25, 0.3) is 6.08 Å². The third kappa shape index (κ3) is 3.17. The SMILES string of the molecule is O=CNCc1ccc(C=CC2(O)CN3CCC2CC3)cc1. The van der Waals surface area contributed by atoms with Crippen LogP contribution >= 0.6 is 0 Å². The highest BCUT2D eigenvalue weighted by molar-refractivity contribution is 5.52. The molecule has 1 atom stereocenters. The number of hydrogen-bond donors (Lipinski definition) is 2. The molecule has 2 bridgehead atoms. The maximum atomic E-state index is 10.8. The van der Waals surface area contributed by atoms with Crippen LogP contribution in [0.5, 0.6) is 0 Å². The van der Waals surface area contributed by atoms with Crippen molar-refractivity contribution in [1.29, 1.82) is 0 Å². The van der Waals surface area contributed by atoms with Crippen molar-refractivity contribution in [3.8, 4) is 0 Å². The van der Waals surface area contributed by atoms with E-state index in [1.54, 1.807) is 0 Å². The first-order valence-electron chi connectivity index (χ1n) is 7.59. The minimum absolute atomic E-state index is 0.398. The van der Waals surface area contributed by atoms with Crippen molar-refractivity contribution < 1.29 is 9.90 Å². The molecule has 3 heterocycles. The number of aliphatic hydroxyl groups is 1. The Labute approximate surface area is 125 Å². The highest BCUT2D eigenvalue weighted by Crippen LogP contribution is 2.36. The highest BCUT2D eigenvalue weighted by atomic mass is 16.3. The summed E-state index contributed by atoms with van der Waals surface area (Å²) in [5, 5.41) is 13.5. The molecule has 0 aliphatic carbocycles. The number of nitrogens with one attached hydrogen (secondary N) is 1. The van der Waals surface area contributed by atoms with Crippen LogP contribution in [0, 0.1) is 5.92 Å². The van der Waals surface area contributed by atoms with Crippen molar-refractivity contribution in [2.45, 2.75) is 25.0 Å². The van der Waals surface area contributed by atoms with Gasteiger partial charge in [0.15, 0.2) is 0 Å². The molecule has 4 heteroatoms. The van der Waals surface area contributed by atoms with Gasteiger partial charge in [-0.2, -0.15) is 0 Å². The van der Waals surface area contributed by atoms with Crippen molar-refractivity contribution in [2.24, 2.45) is 5.92 Å². The van der Waals surface area contributed by atoms with Gasteiger partial charge in [-0.3, -0.25) is 4.79 Å². The number of amides is 1. The van der Waals surface area contributed by atoms with Gasteiger partial charge in [-0.05, 0) is 43.0 Å². The van der Waals surface area contributed by atoms with E-state index < -0.39 is 5.60 Å². The van der Waals surface area contributed by atoms with Crippen LogP contribution in [0.1, 0.15) is 24.0 Å². The summed E-state index contributed by atoms with van der Waals surface area (Å²) in [6, 6.07) is 8.03. The second kappa shape index (κ2) is 6.00. The van der Waals surface area contributed by atoms with E-state index in [1.807, 2.05) is 36.4 Å². The van der Waals surface area contributed by atoms with Gasteiger partial charge in [0, 0.05) is 13.1 Å². The number of nitrogens with zero attached hydrogens (tertiary/aromatic N) is 1. The van der Waals surface area contributed by atoms with Crippen LogP contribution in [0.15, 0.2) is 30.3 Å². The van der Waals surface area contributed by atoms with E-state index in [0.29, 0.717) is 18.9 Å². The van der Waals surface area contributed by atoms with Gasteiger partial charge in [0.2, 0.25) is 6.41 Å². The molecule has 3 aliphatic rings. The zero-order valence-corrected chi connectivity index (χ0v) is 12.2. The average molecular weight is 286 g/mol. The Kier molecular flexibility index (Phi) is 4.08. The molecule has 112 valence electrons. The van der Waals surface area contributed by atoms with Crippen LogP contribution in [-0.4, -0.2) is 41.7 Å². The van der Waals surface area contributed by atoms with Gasteiger partial charge in [-0.15, -0.1) is 0 Å². The number of fused-ring (bicyclic) bond motifs is 3. The fourth-order valence-electron chi connectivity index (χ4n) is 3.41. The van der Waals surface area contributed by atoms with Crippen molar-refractivity contribution in [1.82, 2.24) is 10.2 Å². The fraction of sp³-hybridized carbons (Fsp3) is 0.471. The lowest BCUT2D eigenvalue weighted by Crippen LogP contribution is -2.58. The van der Waals surface area contributed by atoms with E-state index in [2.05, 4.69) is 10.2 Å². The molecule has 0 spiro atoms. The number of benzene rings is 1. The van der Waals surface area contributed by atoms with Gasteiger partial charge in [0.25, 0.3) is 0 Å². The van der Waals surface area contributed by atoms with Gasteiger partial charge >= 0.3 is 0 Å². The maximum Gasteiger partial charge on any atom is 0.207 e. The fourth-order valence-corrected chi connectivity index (χ4v) is 3.41.